The van der Waals surface area contributed by atoms with Gasteiger partial charge in [-0.15, -0.1) is 0 Å². The van der Waals surface area contributed by atoms with E-state index in [0.717, 1.165) is 32.2 Å². The number of nitrogens with one attached hydrogen (secondary N) is 1. The van der Waals surface area contributed by atoms with E-state index in [2.05, 4.69) is 10.2 Å². The average Bonchev–Trinajstić information content (AvgIpc) is 3.12. The lowest BCUT2D eigenvalue weighted by Gasteiger charge is -2.38. The van der Waals surface area contributed by atoms with E-state index >= 15 is 0 Å². The molecule has 2 rings (SSSR count). The Kier molecular flexibility index (Phi) is 4.13. The zero-order valence-corrected chi connectivity index (χ0v) is 11.8. The topological polar surface area (TPSA) is 69.6 Å². The second kappa shape index (κ2) is 5.49. The number of carboxylic acid groups (broad SMARTS) is 1. The molecule has 2 aliphatic rings. The van der Waals surface area contributed by atoms with Gasteiger partial charge in [0.05, 0.1) is 12.0 Å². The van der Waals surface area contributed by atoms with Crippen LogP contribution in [0.2, 0.25) is 0 Å². The first kappa shape index (κ1) is 14.3. The molecule has 1 aliphatic heterocycles. The Morgan fingerprint density at radius 3 is 2.58 bits per heavy atom. The SMILES string of the molecule is CC(C)(C(=O)O)C1CCCN(CC(=O)NC2CC2)C1. The molecule has 0 bridgehead atoms. The van der Waals surface area contributed by atoms with Gasteiger partial charge in [-0.25, -0.2) is 0 Å². The molecule has 1 unspecified atom stereocenters. The molecule has 2 N–H and O–H groups in total. The highest BCUT2D eigenvalue weighted by molar-refractivity contribution is 5.78. The number of carbonyl (C=O) groups is 2. The van der Waals surface area contributed by atoms with Gasteiger partial charge in [0.2, 0.25) is 5.91 Å². The van der Waals surface area contributed by atoms with E-state index in [0.29, 0.717) is 19.1 Å². The Bertz CT molecular complexity index is 364. The standard InChI is InChI=1S/C14H24N2O3/c1-14(2,13(18)19)10-4-3-7-16(8-10)9-12(17)15-11-5-6-11/h10-11H,3-9H2,1-2H3,(H,15,17)(H,18,19). The van der Waals surface area contributed by atoms with Crippen molar-refractivity contribution in [3.8, 4) is 0 Å². The highest BCUT2D eigenvalue weighted by atomic mass is 16.4. The third kappa shape index (κ3) is 3.69. The molecule has 108 valence electrons. The van der Waals surface area contributed by atoms with Gasteiger partial charge in [-0.2, -0.15) is 0 Å². The molecule has 0 aromatic carbocycles. The lowest BCUT2D eigenvalue weighted by Crippen LogP contribution is -2.47. The zero-order chi connectivity index (χ0) is 14.0. The van der Waals surface area contributed by atoms with Crippen molar-refractivity contribution in [2.24, 2.45) is 11.3 Å². The predicted octanol–water partition coefficient (Wildman–Crippen LogP) is 1.09. The van der Waals surface area contributed by atoms with Gasteiger partial charge in [0.1, 0.15) is 0 Å². The van der Waals surface area contributed by atoms with E-state index in [9.17, 15) is 14.7 Å². The summed E-state index contributed by atoms with van der Waals surface area (Å²) in [4.78, 5) is 25.2. The quantitative estimate of drug-likeness (QED) is 0.783. The summed E-state index contributed by atoms with van der Waals surface area (Å²) in [5.41, 5.74) is -0.717. The van der Waals surface area contributed by atoms with Gasteiger partial charge in [0.25, 0.3) is 0 Å². The first-order valence-corrected chi connectivity index (χ1v) is 7.14. The fourth-order valence-electron chi connectivity index (χ4n) is 2.67. The first-order chi connectivity index (χ1) is 8.89. The molecule has 0 spiro atoms. The number of amides is 1. The largest absolute Gasteiger partial charge is 0.481 e. The highest BCUT2D eigenvalue weighted by Crippen LogP contribution is 2.34. The molecule has 1 amide bonds. The number of carboxylic acids is 1. The molecule has 0 aromatic rings. The van der Waals surface area contributed by atoms with Crippen LogP contribution < -0.4 is 5.32 Å². The minimum atomic E-state index is -0.748. The minimum Gasteiger partial charge on any atom is -0.481 e. The van der Waals surface area contributed by atoms with Gasteiger partial charge >= 0.3 is 5.97 Å². The van der Waals surface area contributed by atoms with Crippen molar-refractivity contribution in [3.63, 3.8) is 0 Å². The summed E-state index contributed by atoms with van der Waals surface area (Å²) in [6.07, 6.45) is 4.10. The smallest absolute Gasteiger partial charge is 0.309 e. The molecule has 5 heteroatoms. The predicted molar refractivity (Wildman–Crippen MR) is 71.7 cm³/mol. The number of rotatable bonds is 5. The normalized spacial score (nSPS) is 25.1. The summed E-state index contributed by atoms with van der Waals surface area (Å²) in [7, 11) is 0. The van der Waals surface area contributed by atoms with Crippen LogP contribution in [-0.4, -0.2) is 47.6 Å². The fourth-order valence-corrected chi connectivity index (χ4v) is 2.67. The summed E-state index contributed by atoms with van der Waals surface area (Å²) in [6, 6.07) is 0.392. The van der Waals surface area contributed by atoms with Crippen molar-refractivity contribution in [3.05, 3.63) is 0 Å². The van der Waals surface area contributed by atoms with Gasteiger partial charge in [-0.3, -0.25) is 14.5 Å². The summed E-state index contributed by atoms with van der Waals surface area (Å²) < 4.78 is 0. The van der Waals surface area contributed by atoms with Crippen LogP contribution in [-0.2, 0) is 9.59 Å². The molecule has 1 saturated carbocycles. The van der Waals surface area contributed by atoms with Gasteiger partial charge < -0.3 is 10.4 Å². The van der Waals surface area contributed by atoms with Crippen LogP contribution in [0.3, 0.4) is 0 Å². The van der Waals surface area contributed by atoms with E-state index in [1.165, 1.54) is 0 Å². The average molecular weight is 268 g/mol. The number of nitrogens with zero attached hydrogens (tertiary/aromatic N) is 1. The Labute approximate surface area is 114 Å². The van der Waals surface area contributed by atoms with Crippen molar-refractivity contribution in [1.29, 1.82) is 0 Å². The lowest BCUT2D eigenvalue weighted by atomic mass is 9.74. The third-order valence-corrected chi connectivity index (χ3v) is 4.39. The first-order valence-electron chi connectivity index (χ1n) is 7.14. The second-order valence-electron chi connectivity index (χ2n) is 6.44. The zero-order valence-electron chi connectivity index (χ0n) is 11.8. The van der Waals surface area contributed by atoms with Crippen LogP contribution in [0, 0.1) is 11.3 Å². The van der Waals surface area contributed by atoms with Crippen molar-refractivity contribution in [1.82, 2.24) is 10.2 Å². The van der Waals surface area contributed by atoms with Gasteiger partial charge in [-0.1, -0.05) is 0 Å². The monoisotopic (exact) mass is 268 g/mol. The summed E-state index contributed by atoms with van der Waals surface area (Å²) in [5.74, 6) is -0.550. The van der Waals surface area contributed by atoms with Gasteiger partial charge in [0.15, 0.2) is 0 Å². The van der Waals surface area contributed by atoms with Gasteiger partial charge in [0, 0.05) is 12.6 Å². The Balaban J connectivity index is 1.85. The second-order valence-corrected chi connectivity index (χ2v) is 6.44. The molecule has 5 nitrogen and oxygen atoms in total. The van der Waals surface area contributed by atoms with E-state index in [1.807, 2.05) is 0 Å². The number of hydrogen-bond donors (Lipinski definition) is 2. The summed E-state index contributed by atoms with van der Waals surface area (Å²) in [6.45, 7) is 5.58. The number of carbonyl (C=O) groups excluding carboxylic acids is 1. The van der Waals surface area contributed by atoms with E-state index in [-0.39, 0.29) is 11.8 Å². The van der Waals surface area contributed by atoms with Crippen molar-refractivity contribution in [2.45, 2.75) is 45.6 Å². The molecule has 2 fully saturated rings. The number of likely N-dealkylation sites (tertiary alicyclic amines) is 1. The minimum absolute atomic E-state index is 0.0799. The molecule has 0 aromatic heterocycles. The number of hydrogen-bond acceptors (Lipinski definition) is 3. The molecular formula is C14H24N2O3. The van der Waals surface area contributed by atoms with Crippen LogP contribution in [0.1, 0.15) is 39.5 Å². The van der Waals surface area contributed by atoms with Crippen LogP contribution >= 0.6 is 0 Å². The lowest BCUT2D eigenvalue weighted by molar-refractivity contribution is -0.151. The molecule has 0 radical (unpaired) electrons. The third-order valence-electron chi connectivity index (χ3n) is 4.39. The maximum absolute atomic E-state index is 11.8. The van der Waals surface area contributed by atoms with E-state index < -0.39 is 11.4 Å². The Morgan fingerprint density at radius 2 is 2.00 bits per heavy atom. The Hall–Kier alpha value is -1.10. The molecule has 19 heavy (non-hydrogen) atoms. The molecule has 1 heterocycles. The maximum atomic E-state index is 11.8. The molecule has 1 saturated heterocycles. The highest BCUT2D eigenvalue weighted by Gasteiger charge is 2.39. The van der Waals surface area contributed by atoms with Crippen molar-refractivity contribution in [2.75, 3.05) is 19.6 Å². The van der Waals surface area contributed by atoms with Crippen LogP contribution in [0.5, 0.6) is 0 Å². The fraction of sp³-hybridized carbons (Fsp3) is 0.857. The van der Waals surface area contributed by atoms with Crippen molar-refractivity contribution >= 4 is 11.9 Å². The summed E-state index contributed by atoms with van der Waals surface area (Å²) in [5, 5.41) is 12.3. The molecule has 1 atom stereocenters. The summed E-state index contributed by atoms with van der Waals surface area (Å²) >= 11 is 0. The van der Waals surface area contributed by atoms with Crippen LogP contribution in [0.25, 0.3) is 0 Å². The number of aliphatic carboxylic acids is 1. The molecule has 1 aliphatic carbocycles. The van der Waals surface area contributed by atoms with Crippen LogP contribution in [0.15, 0.2) is 0 Å². The molecular weight excluding hydrogens is 244 g/mol. The van der Waals surface area contributed by atoms with E-state index in [1.54, 1.807) is 13.8 Å². The van der Waals surface area contributed by atoms with Crippen LogP contribution in [0.4, 0.5) is 0 Å². The Morgan fingerprint density at radius 1 is 1.32 bits per heavy atom. The van der Waals surface area contributed by atoms with E-state index in [4.69, 9.17) is 0 Å². The van der Waals surface area contributed by atoms with Crippen molar-refractivity contribution < 1.29 is 14.7 Å². The van der Waals surface area contributed by atoms with Gasteiger partial charge in [-0.05, 0) is 52.0 Å². The maximum Gasteiger partial charge on any atom is 0.309 e. The number of piperidine rings is 1.